The first-order valence-corrected chi connectivity index (χ1v) is 10.4. The lowest BCUT2D eigenvalue weighted by atomic mass is 10.3. The number of aryl methyl sites for hydroxylation is 1. The van der Waals surface area contributed by atoms with E-state index in [1.165, 1.54) is 18.5 Å². The number of nitrogens with one attached hydrogen (secondary N) is 1. The van der Waals surface area contributed by atoms with Crippen LogP contribution < -0.4 is 10.2 Å². The number of hydrogen-bond acceptors (Lipinski definition) is 3. The van der Waals surface area contributed by atoms with Crippen LogP contribution in [0, 0.1) is 0 Å². The first kappa shape index (κ1) is 19.7. The zero-order valence-corrected chi connectivity index (χ0v) is 18.0. The van der Waals surface area contributed by atoms with Crippen LogP contribution in [0.4, 0.5) is 5.82 Å². The molecule has 1 fully saturated rings. The zero-order chi connectivity index (χ0) is 19.2. The van der Waals surface area contributed by atoms with Gasteiger partial charge in [0.1, 0.15) is 5.82 Å². The molecular formula is C20H29BrN6. The summed E-state index contributed by atoms with van der Waals surface area (Å²) in [7, 11) is 4.13. The molecule has 1 aliphatic rings. The van der Waals surface area contributed by atoms with E-state index >= 15 is 0 Å². The zero-order valence-electron chi connectivity index (χ0n) is 16.5. The van der Waals surface area contributed by atoms with E-state index in [9.17, 15) is 0 Å². The molecule has 146 valence electrons. The predicted octanol–water partition coefficient (Wildman–Crippen LogP) is 3.38. The molecule has 0 spiro atoms. The fourth-order valence-corrected chi connectivity index (χ4v) is 3.89. The summed E-state index contributed by atoms with van der Waals surface area (Å²) in [6.45, 7) is 6.59. The summed E-state index contributed by atoms with van der Waals surface area (Å²) in [5.74, 6) is 1.98. The highest BCUT2D eigenvalue weighted by molar-refractivity contribution is 9.10. The second-order valence-corrected chi connectivity index (χ2v) is 7.92. The maximum atomic E-state index is 4.80. The highest BCUT2D eigenvalue weighted by Gasteiger charge is 2.13. The minimum absolute atomic E-state index is 0.622. The smallest absolute Gasteiger partial charge is 0.194 e. The Morgan fingerprint density at radius 1 is 1.33 bits per heavy atom. The molecule has 0 atom stereocenters. The molecule has 3 rings (SSSR count). The Labute approximate surface area is 170 Å². The second-order valence-electron chi connectivity index (χ2n) is 7.01. The van der Waals surface area contributed by atoms with Crippen molar-refractivity contribution in [3.05, 3.63) is 46.3 Å². The highest BCUT2D eigenvalue weighted by atomic mass is 79.9. The Bertz CT molecular complexity index is 761. The molecule has 0 aromatic carbocycles. The molecule has 0 radical (unpaired) electrons. The summed E-state index contributed by atoms with van der Waals surface area (Å²) in [4.78, 5) is 13.9. The molecule has 2 aromatic heterocycles. The maximum absolute atomic E-state index is 4.80. The number of pyridine rings is 1. The fourth-order valence-electron chi connectivity index (χ4n) is 3.32. The number of aromatic nitrogens is 2. The van der Waals surface area contributed by atoms with Crippen molar-refractivity contribution < 1.29 is 0 Å². The minimum atomic E-state index is 0.622. The Morgan fingerprint density at radius 3 is 2.70 bits per heavy atom. The van der Waals surface area contributed by atoms with E-state index in [2.05, 4.69) is 86.0 Å². The lowest BCUT2D eigenvalue weighted by molar-refractivity contribution is 0.462. The van der Waals surface area contributed by atoms with Gasteiger partial charge in [0.05, 0.1) is 13.1 Å². The standard InChI is InChI=1S/C20H29BrN6/c1-4-22-20(26(3)15-18-11-17(21)14-25(18)2)24-13-16-7-8-19(23-12-16)27-9-5-6-10-27/h7-8,11-12,14H,4-6,9-10,13,15H2,1-3H3,(H,22,24). The number of guanidine groups is 1. The molecule has 7 heteroatoms. The Morgan fingerprint density at radius 2 is 2.11 bits per heavy atom. The van der Waals surface area contributed by atoms with Crippen molar-refractivity contribution in [3.8, 4) is 0 Å². The largest absolute Gasteiger partial charge is 0.357 e. The van der Waals surface area contributed by atoms with Gasteiger partial charge in [0.15, 0.2) is 5.96 Å². The third-order valence-corrected chi connectivity index (χ3v) is 5.25. The number of anilines is 1. The number of hydrogen-bond donors (Lipinski definition) is 1. The number of halogens is 1. The van der Waals surface area contributed by atoms with Crippen LogP contribution in [0.25, 0.3) is 0 Å². The second kappa shape index (κ2) is 9.26. The van der Waals surface area contributed by atoms with E-state index < -0.39 is 0 Å². The quantitative estimate of drug-likeness (QED) is 0.561. The third kappa shape index (κ3) is 5.25. The number of nitrogens with zero attached hydrogens (tertiary/aromatic N) is 5. The van der Waals surface area contributed by atoms with Gasteiger partial charge >= 0.3 is 0 Å². The molecule has 1 aliphatic heterocycles. The van der Waals surface area contributed by atoms with Gasteiger partial charge in [-0.2, -0.15) is 0 Å². The van der Waals surface area contributed by atoms with Crippen molar-refractivity contribution in [2.45, 2.75) is 32.9 Å². The first-order chi connectivity index (χ1) is 13.1. The van der Waals surface area contributed by atoms with Crippen LogP contribution in [0.3, 0.4) is 0 Å². The van der Waals surface area contributed by atoms with Gasteiger partial charge < -0.3 is 19.7 Å². The molecule has 0 bridgehead atoms. The molecule has 0 aliphatic carbocycles. The molecule has 3 heterocycles. The van der Waals surface area contributed by atoms with Crippen molar-refractivity contribution >= 4 is 27.7 Å². The van der Waals surface area contributed by atoms with Crippen molar-refractivity contribution in [1.29, 1.82) is 0 Å². The molecule has 0 amide bonds. The highest BCUT2D eigenvalue weighted by Crippen LogP contribution is 2.18. The summed E-state index contributed by atoms with van der Waals surface area (Å²) < 4.78 is 3.23. The molecule has 27 heavy (non-hydrogen) atoms. The molecule has 1 N–H and O–H groups in total. The fraction of sp³-hybridized carbons (Fsp3) is 0.500. The lowest BCUT2D eigenvalue weighted by Crippen LogP contribution is -2.38. The van der Waals surface area contributed by atoms with Gasteiger partial charge in [0, 0.05) is 56.3 Å². The molecule has 0 saturated carbocycles. The lowest BCUT2D eigenvalue weighted by Gasteiger charge is -2.22. The summed E-state index contributed by atoms with van der Waals surface area (Å²) >= 11 is 3.54. The van der Waals surface area contributed by atoms with Crippen LogP contribution in [-0.4, -0.2) is 47.1 Å². The van der Waals surface area contributed by atoms with E-state index in [1.807, 2.05) is 6.20 Å². The Kier molecular flexibility index (Phi) is 6.77. The monoisotopic (exact) mass is 432 g/mol. The molecule has 1 saturated heterocycles. The van der Waals surface area contributed by atoms with Gasteiger partial charge in [-0.15, -0.1) is 0 Å². The van der Waals surface area contributed by atoms with E-state index in [4.69, 9.17) is 4.99 Å². The Balaban J connectivity index is 1.64. The summed E-state index contributed by atoms with van der Waals surface area (Å²) in [5, 5.41) is 3.38. The average molecular weight is 433 g/mol. The predicted molar refractivity (Wildman–Crippen MR) is 115 cm³/mol. The summed E-state index contributed by atoms with van der Waals surface area (Å²) in [5.41, 5.74) is 2.36. The van der Waals surface area contributed by atoms with Gasteiger partial charge in [0.2, 0.25) is 0 Å². The number of rotatable bonds is 6. The maximum Gasteiger partial charge on any atom is 0.194 e. The molecular weight excluding hydrogens is 404 g/mol. The SMILES string of the molecule is CCNC(=NCc1ccc(N2CCCC2)nc1)N(C)Cc1cc(Br)cn1C. The Hall–Kier alpha value is -2.02. The topological polar surface area (TPSA) is 48.7 Å². The summed E-state index contributed by atoms with van der Waals surface area (Å²) in [6.07, 6.45) is 6.56. The van der Waals surface area contributed by atoms with Crippen molar-refractivity contribution in [1.82, 2.24) is 19.8 Å². The van der Waals surface area contributed by atoms with Crippen LogP contribution >= 0.6 is 15.9 Å². The average Bonchev–Trinajstić information content (AvgIpc) is 3.29. The molecule has 6 nitrogen and oxygen atoms in total. The van der Waals surface area contributed by atoms with Gasteiger partial charge in [0.25, 0.3) is 0 Å². The van der Waals surface area contributed by atoms with Crippen LogP contribution in [0.2, 0.25) is 0 Å². The van der Waals surface area contributed by atoms with E-state index in [1.54, 1.807) is 0 Å². The normalized spacial score (nSPS) is 14.7. The van der Waals surface area contributed by atoms with Crippen molar-refractivity contribution in [2.24, 2.45) is 12.0 Å². The van der Waals surface area contributed by atoms with Gasteiger partial charge in [-0.1, -0.05) is 6.07 Å². The van der Waals surface area contributed by atoms with Crippen LogP contribution in [0.1, 0.15) is 31.0 Å². The van der Waals surface area contributed by atoms with Crippen LogP contribution in [0.5, 0.6) is 0 Å². The van der Waals surface area contributed by atoms with Gasteiger partial charge in [-0.3, -0.25) is 0 Å². The molecule has 0 unspecified atom stereocenters. The van der Waals surface area contributed by atoms with Gasteiger partial charge in [-0.05, 0) is 53.4 Å². The minimum Gasteiger partial charge on any atom is -0.357 e. The van der Waals surface area contributed by atoms with Crippen molar-refractivity contribution in [3.63, 3.8) is 0 Å². The number of aliphatic imine (C=N–C) groups is 1. The van der Waals surface area contributed by atoms with E-state index in [0.29, 0.717) is 6.54 Å². The third-order valence-electron chi connectivity index (χ3n) is 4.82. The van der Waals surface area contributed by atoms with Crippen molar-refractivity contribution in [2.75, 3.05) is 31.6 Å². The van der Waals surface area contributed by atoms with Gasteiger partial charge in [-0.25, -0.2) is 9.98 Å². The first-order valence-electron chi connectivity index (χ1n) is 9.57. The summed E-state index contributed by atoms with van der Waals surface area (Å²) in [6, 6.07) is 6.40. The van der Waals surface area contributed by atoms with Crippen LogP contribution in [0.15, 0.2) is 40.1 Å². The van der Waals surface area contributed by atoms with E-state index in [0.717, 1.165) is 48.0 Å². The molecule has 2 aromatic rings. The van der Waals surface area contributed by atoms with E-state index in [-0.39, 0.29) is 0 Å². The van der Waals surface area contributed by atoms with Crippen LogP contribution in [-0.2, 0) is 20.1 Å².